The summed E-state index contributed by atoms with van der Waals surface area (Å²) in [5.74, 6) is -3.37. The minimum atomic E-state index is -1.29. The number of carbonyl (C=O) groups excluding carboxylic acids is 5. The number of aliphatic hydroxyl groups excluding tert-OH is 2. The maximum absolute atomic E-state index is 14.3. The molecule has 4 rings (SSSR count). The molecule has 1 amide bonds. The molecule has 0 aromatic heterocycles. The van der Waals surface area contributed by atoms with Crippen LogP contribution in [0.1, 0.15) is 138 Å². The Morgan fingerprint density at radius 1 is 0.818 bits per heavy atom. The number of allylic oxidation sites excluding steroid dienone is 6. The summed E-state index contributed by atoms with van der Waals surface area (Å²) in [6.07, 6.45) is 14.4. The third kappa shape index (κ3) is 15.9. The van der Waals surface area contributed by atoms with Gasteiger partial charge in [-0.2, -0.15) is 0 Å². The zero-order valence-electron chi connectivity index (χ0n) is 41.7. The summed E-state index contributed by atoms with van der Waals surface area (Å²) in [4.78, 5) is 71.1. The van der Waals surface area contributed by atoms with Crippen LogP contribution < -0.4 is 0 Å². The molecule has 4 aliphatic rings. The molecule has 0 aromatic carbocycles. The van der Waals surface area contributed by atoms with E-state index in [-0.39, 0.29) is 79.0 Å². The summed E-state index contributed by atoms with van der Waals surface area (Å²) in [5.41, 5.74) is 1.45. The van der Waals surface area contributed by atoms with E-state index in [0.29, 0.717) is 63.4 Å². The lowest BCUT2D eigenvalue weighted by molar-refractivity contribution is -0.166. The second-order valence-electron chi connectivity index (χ2n) is 20.2. The van der Waals surface area contributed by atoms with Crippen molar-refractivity contribution in [3.05, 3.63) is 47.6 Å². The number of rotatable bonds is 6. The highest BCUT2D eigenvalue weighted by molar-refractivity contribution is 6.36. The first-order valence-electron chi connectivity index (χ1n) is 24.8. The van der Waals surface area contributed by atoms with Crippen molar-refractivity contribution >= 4 is 29.2 Å². The molecule has 13 heteroatoms. The zero-order chi connectivity index (χ0) is 48.7. The van der Waals surface area contributed by atoms with Crippen molar-refractivity contribution < 1.29 is 57.9 Å². The summed E-state index contributed by atoms with van der Waals surface area (Å²) < 4.78 is 29.9. The Labute approximate surface area is 395 Å². The van der Waals surface area contributed by atoms with Crippen LogP contribution in [0, 0.1) is 35.5 Å². The van der Waals surface area contributed by atoms with Gasteiger partial charge in [0.1, 0.15) is 30.1 Å². The molecule has 2 saturated heterocycles. The molecule has 0 unspecified atom stereocenters. The van der Waals surface area contributed by atoms with Gasteiger partial charge < -0.3 is 38.8 Å². The molecule has 2 bridgehead atoms. The van der Waals surface area contributed by atoms with Crippen LogP contribution in [0.15, 0.2) is 47.6 Å². The predicted octanol–water partition coefficient (Wildman–Crippen LogP) is 7.64. The molecule has 66 heavy (non-hydrogen) atoms. The number of Topliss-reactive ketones (excluding diaryl/α,β-unsaturated/α-hetero) is 3. The van der Waals surface area contributed by atoms with Crippen LogP contribution in [0.25, 0.3) is 0 Å². The number of piperidine rings is 1. The van der Waals surface area contributed by atoms with Gasteiger partial charge in [0.25, 0.3) is 5.91 Å². The van der Waals surface area contributed by atoms with Gasteiger partial charge in [0.05, 0.1) is 30.5 Å². The summed E-state index contributed by atoms with van der Waals surface area (Å²) in [5, 5.41) is 21.9. The number of fused-ring (bicyclic) bond motifs is 3. The van der Waals surface area contributed by atoms with E-state index < -0.39 is 60.0 Å². The van der Waals surface area contributed by atoms with E-state index in [1.54, 1.807) is 34.1 Å². The third-order valence-electron chi connectivity index (χ3n) is 14.9. The van der Waals surface area contributed by atoms with Crippen LogP contribution in [0.4, 0.5) is 0 Å². The molecule has 3 fully saturated rings. The van der Waals surface area contributed by atoms with Crippen molar-refractivity contribution in [2.24, 2.45) is 35.5 Å². The van der Waals surface area contributed by atoms with Crippen molar-refractivity contribution in [3.63, 3.8) is 0 Å². The number of ketones is 3. The van der Waals surface area contributed by atoms with Gasteiger partial charge in [-0.05, 0) is 119 Å². The smallest absolute Gasteiger partial charge is 0.329 e. The molecule has 15 atom stereocenters. The van der Waals surface area contributed by atoms with Gasteiger partial charge in [-0.3, -0.25) is 19.2 Å². The SMILES string of the molecule is CO[C@H]1C[C@@H]2CC[C@@H](C)[C@@H](CCC(=O)C(=O)N3CCCC[C@H]3C(=O)O[C@H]([C@H](C)C[C@@H]3CC[C@@H](O)[C@H](OC)C3)CC(=O)[C@H](C)/C=C(\C)[C@@H](O)[C@@H](OC)C(=O)[C@H](C)C[C@H](C)/C=C/C=C/C=C/1C)O2. The Morgan fingerprint density at radius 3 is 2.26 bits per heavy atom. The molecule has 2 N–H and O–H groups in total. The van der Waals surface area contributed by atoms with Gasteiger partial charge in [-0.25, -0.2) is 4.79 Å². The number of esters is 1. The lowest BCUT2D eigenvalue weighted by Crippen LogP contribution is -2.52. The van der Waals surface area contributed by atoms with E-state index in [9.17, 15) is 34.2 Å². The van der Waals surface area contributed by atoms with Crippen molar-refractivity contribution in [1.29, 1.82) is 0 Å². The largest absolute Gasteiger partial charge is 0.460 e. The highest BCUT2D eigenvalue weighted by Crippen LogP contribution is 2.35. The third-order valence-corrected chi connectivity index (χ3v) is 14.9. The average molecular weight is 926 g/mol. The van der Waals surface area contributed by atoms with Crippen LogP contribution in [0.5, 0.6) is 0 Å². The summed E-state index contributed by atoms with van der Waals surface area (Å²) in [7, 11) is 4.66. The molecule has 0 spiro atoms. The quantitative estimate of drug-likeness (QED) is 0.152. The van der Waals surface area contributed by atoms with E-state index in [1.165, 1.54) is 12.0 Å². The maximum atomic E-state index is 14.3. The van der Waals surface area contributed by atoms with Gasteiger partial charge in [-0.15, -0.1) is 0 Å². The van der Waals surface area contributed by atoms with Gasteiger partial charge >= 0.3 is 5.97 Å². The Kier molecular flexibility index (Phi) is 22.6. The Hall–Kier alpha value is -3.33. The number of aliphatic hydroxyl groups is 2. The number of methoxy groups -OCH3 is 3. The lowest BCUT2D eigenvalue weighted by Gasteiger charge is -2.37. The first-order chi connectivity index (χ1) is 31.4. The Balaban J connectivity index is 1.63. The van der Waals surface area contributed by atoms with Crippen LogP contribution in [0.3, 0.4) is 0 Å². The predicted molar refractivity (Wildman–Crippen MR) is 253 cm³/mol. The van der Waals surface area contributed by atoms with Crippen LogP contribution in [-0.2, 0) is 47.7 Å². The monoisotopic (exact) mass is 926 g/mol. The maximum Gasteiger partial charge on any atom is 0.329 e. The molecule has 3 aliphatic heterocycles. The molecule has 372 valence electrons. The summed E-state index contributed by atoms with van der Waals surface area (Å²) in [6, 6.07) is -0.974. The fourth-order valence-electron chi connectivity index (χ4n) is 10.5. The van der Waals surface area contributed by atoms with Crippen LogP contribution in [0.2, 0.25) is 0 Å². The average Bonchev–Trinajstić information content (AvgIpc) is 3.30. The van der Waals surface area contributed by atoms with Crippen molar-refractivity contribution in [2.45, 2.75) is 193 Å². The normalized spacial score (nSPS) is 39.2. The Bertz CT molecular complexity index is 1740. The van der Waals surface area contributed by atoms with E-state index in [0.717, 1.165) is 24.8 Å². The first kappa shape index (κ1) is 55.3. The Morgan fingerprint density at radius 2 is 1.56 bits per heavy atom. The molecular weight excluding hydrogens is 843 g/mol. The molecule has 1 aliphatic carbocycles. The topological polar surface area (TPSA) is 175 Å². The first-order valence-corrected chi connectivity index (χ1v) is 24.8. The van der Waals surface area contributed by atoms with Crippen LogP contribution >= 0.6 is 0 Å². The van der Waals surface area contributed by atoms with Crippen molar-refractivity contribution in [3.8, 4) is 0 Å². The number of cyclic esters (lactones) is 1. The lowest BCUT2D eigenvalue weighted by atomic mass is 9.78. The number of ether oxygens (including phenoxy) is 5. The van der Waals surface area contributed by atoms with E-state index in [1.807, 2.05) is 58.1 Å². The van der Waals surface area contributed by atoms with Crippen LogP contribution in [-0.4, -0.2) is 127 Å². The molecule has 3 heterocycles. The van der Waals surface area contributed by atoms with Gasteiger partial charge in [0.15, 0.2) is 5.78 Å². The number of amides is 1. The minimum Gasteiger partial charge on any atom is -0.460 e. The number of hydrogen-bond donors (Lipinski definition) is 2. The molecular formula is C53H83NO12. The summed E-state index contributed by atoms with van der Waals surface area (Å²) in [6.45, 7) is 13.6. The van der Waals surface area contributed by atoms with Gasteiger partial charge in [0, 0.05) is 59.0 Å². The fourth-order valence-corrected chi connectivity index (χ4v) is 10.5. The number of hydrogen-bond acceptors (Lipinski definition) is 12. The highest BCUT2D eigenvalue weighted by atomic mass is 16.5. The minimum absolute atomic E-state index is 0.00711. The van der Waals surface area contributed by atoms with Gasteiger partial charge in [0.2, 0.25) is 5.78 Å². The molecule has 0 aromatic rings. The van der Waals surface area contributed by atoms with E-state index >= 15 is 0 Å². The summed E-state index contributed by atoms with van der Waals surface area (Å²) >= 11 is 0. The molecule has 1 saturated carbocycles. The zero-order valence-corrected chi connectivity index (χ0v) is 41.7. The van der Waals surface area contributed by atoms with E-state index in [2.05, 4.69) is 6.92 Å². The second kappa shape index (κ2) is 27.0. The number of nitrogens with zero attached hydrogens (tertiary/aromatic N) is 1. The second-order valence-corrected chi connectivity index (χ2v) is 20.2. The standard InChI is InChI=1S/C53H83NO12/c1-32-16-12-11-13-17-33(2)46(62-8)30-40-21-19-34(3)45(65-40)24-23-43(56)52(60)54-25-15-14-18-41(54)53(61)66-47(36(5)28-39-20-22-42(55)48(29-39)63-9)31-44(57)35(4)27-38(7)50(59)51(64-10)49(58)37(6)26-32/h11-13,16-17,27,32,34-37,39-42,45-48,50-51,55,59H,14-15,18-26,28-31H2,1-10H3/b13-11+,16-12+,33-17+,38-27+/t32-,34-,35-,36-,37-,39+,40+,41+,42-,45-,46+,47+,48-,50-,51+/m1/s1. The van der Waals surface area contributed by atoms with E-state index in [4.69, 9.17) is 23.7 Å². The highest BCUT2D eigenvalue weighted by Gasteiger charge is 2.40. The number of carbonyl (C=O) groups is 5. The van der Waals surface area contributed by atoms with Crippen molar-refractivity contribution in [1.82, 2.24) is 4.90 Å². The molecule has 13 nitrogen and oxygen atoms in total. The fraction of sp³-hybridized carbons (Fsp3) is 0.755. The van der Waals surface area contributed by atoms with Crippen molar-refractivity contribution in [2.75, 3.05) is 27.9 Å². The molecule has 0 radical (unpaired) electrons. The van der Waals surface area contributed by atoms with Gasteiger partial charge in [-0.1, -0.05) is 71.1 Å².